The molecule has 0 bridgehead atoms. The summed E-state index contributed by atoms with van der Waals surface area (Å²) in [7, 11) is 0. The number of carbonyl (C=O) groups is 1. The molecule has 2 aromatic rings. The highest BCUT2D eigenvalue weighted by Crippen LogP contribution is 2.28. The minimum absolute atomic E-state index is 0.0372. The number of benzene rings is 2. The molecule has 1 N–H and O–H groups in total. The van der Waals surface area contributed by atoms with Gasteiger partial charge in [-0.1, -0.05) is 15.9 Å². The highest BCUT2D eigenvalue weighted by molar-refractivity contribution is 9.11. The third kappa shape index (κ3) is 5.05. The van der Waals surface area contributed by atoms with E-state index < -0.39 is 0 Å². The van der Waals surface area contributed by atoms with Crippen LogP contribution in [0.4, 0.5) is 5.69 Å². The zero-order valence-electron chi connectivity index (χ0n) is 11.2. The molecule has 0 aliphatic heterocycles. The number of nitrogens with one attached hydrogen (secondary N) is 1. The van der Waals surface area contributed by atoms with Gasteiger partial charge in [-0.15, -0.1) is 11.8 Å². The third-order valence-electron chi connectivity index (χ3n) is 2.63. The second-order valence-electron chi connectivity index (χ2n) is 4.14. The quantitative estimate of drug-likeness (QED) is 0.682. The Labute approximate surface area is 144 Å². The molecule has 0 fully saturated rings. The molecule has 0 saturated carbocycles. The molecule has 0 unspecified atom stereocenters. The smallest absolute Gasteiger partial charge is 0.262 e. The van der Waals surface area contributed by atoms with E-state index >= 15 is 0 Å². The maximum Gasteiger partial charge on any atom is 0.262 e. The van der Waals surface area contributed by atoms with Crippen LogP contribution in [0.5, 0.6) is 5.75 Å². The SMILES string of the molecule is CSc1ccc(NC(=O)COc2ccc(Br)cc2Br)cc1. The van der Waals surface area contributed by atoms with Crippen molar-refractivity contribution in [3.63, 3.8) is 0 Å². The molecule has 2 rings (SSSR count). The number of amides is 1. The van der Waals surface area contributed by atoms with E-state index in [1.54, 1.807) is 17.8 Å². The molecule has 0 spiro atoms. The molecule has 21 heavy (non-hydrogen) atoms. The molecule has 2 aromatic carbocycles. The second-order valence-corrected chi connectivity index (χ2v) is 6.79. The number of carbonyl (C=O) groups excluding carboxylic acids is 1. The van der Waals surface area contributed by atoms with Gasteiger partial charge in [0.15, 0.2) is 6.61 Å². The highest BCUT2D eigenvalue weighted by atomic mass is 79.9. The van der Waals surface area contributed by atoms with E-state index in [1.165, 1.54) is 0 Å². The molecule has 0 heterocycles. The van der Waals surface area contributed by atoms with Gasteiger partial charge in [0.05, 0.1) is 4.47 Å². The van der Waals surface area contributed by atoms with Crippen LogP contribution in [0, 0.1) is 0 Å². The van der Waals surface area contributed by atoms with Crippen LogP contribution >= 0.6 is 43.6 Å². The van der Waals surface area contributed by atoms with Crippen molar-refractivity contribution >= 4 is 55.2 Å². The number of halogens is 2. The molecule has 6 heteroatoms. The fourth-order valence-corrected chi connectivity index (χ4v) is 3.18. The van der Waals surface area contributed by atoms with Crippen LogP contribution in [0.1, 0.15) is 0 Å². The Bertz CT molecular complexity index is 632. The summed E-state index contributed by atoms with van der Waals surface area (Å²) in [5.74, 6) is 0.438. The van der Waals surface area contributed by atoms with Crippen molar-refractivity contribution in [1.82, 2.24) is 0 Å². The lowest BCUT2D eigenvalue weighted by molar-refractivity contribution is -0.118. The maximum atomic E-state index is 11.9. The number of hydrogen-bond acceptors (Lipinski definition) is 3. The van der Waals surface area contributed by atoms with Gasteiger partial charge in [-0.05, 0) is 64.7 Å². The maximum absolute atomic E-state index is 11.9. The lowest BCUT2D eigenvalue weighted by atomic mass is 10.3. The van der Waals surface area contributed by atoms with Gasteiger partial charge < -0.3 is 10.1 Å². The van der Waals surface area contributed by atoms with E-state index in [4.69, 9.17) is 4.74 Å². The van der Waals surface area contributed by atoms with Crippen molar-refractivity contribution in [2.24, 2.45) is 0 Å². The second kappa shape index (κ2) is 7.87. The Kier molecular flexibility index (Phi) is 6.14. The fraction of sp³-hybridized carbons (Fsp3) is 0.133. The zero-order chi connectivity index (χ0) is 15.2. The van der Waals surface area contributed by atoms with Crippen LogP contribution in [-0.2, 0) is 4.79 Å². The Hall–Kier alpha value is -0.980. The van der Waals surface area contributed by atoms with Gasteiger partial charge in [-0.25, -0.2) is 0 Å². The van der Waals surface area contributed by atoms with Crippen LogP contribution in [0.2, 0.25) is 0 Å². The molecule has 0 aromatic heterocycles. The van der Waals surface area contributed by atoms with Crippen molar-refractivity contribution in [3.8, 4) is 5.75 Å². The van der Waals surface area contributed by atoms with Crippen LogP contribution in [0.25, 0.3) is 0 Å². The van der Waals surface area contributed by atoms with E-state index in [9.17, 15) is 4.79 Å². The van der Waals surface area contributed by atoms with Crippen molar-refractivity contribution < 1.29 is 9.53 Å². The minimum Gasteiger partial charge on any atom is -0.483 e. The zero-order valence-corrected chi connectivity index (χ0v) is 15.2. The molecule has 0 radical (unpaired) electrons. The Balaban J connectivity index is 1.89. The van der Waals surface area contributed by atoms with Gasteiger partial charge >= 0.3 is 0 Å². The molecule has 0 aliphatic rings. The van der Waals surface area contributed by atoms with Gasteiger partial charge in [0.2, 0.25) is 0 Å². The van der Waals surface area contributed by atoms with Gasteiger partial charge in [0.1, 0.15) is 5.75 Å². The Morgan fingerprint density at radius 3 is 2.52 bits per heavy atom. The largest absolute Gasteiger partial charge is 0.483 e. The summed E-state index contributed by atoms with van der Waals surface area (Å²) in [5, 5.41) is 2.80. The highest BCUT2D eigenvalue weighted by Gasteiger charge is 2.06. The number of thioether (sulfide) groups is 1. The van der Waals surface area contributed by atoms with Crippen molar-refractivity contribution in [3.05, 3.63) is 51.4 Å². The average molecular weight is 431 g/mol. The van der Waals surface area contributed by atoms with Crippen molar-refractivity contribution in [2.75, 3.05) is 18.2 Å². The molecule has 1 amide bonds. The van der Waals surface area contributed by atoms with Gasteiger partial charge in [-0.3, -0.25) is 4.79 Å². The predicted molar refractivity (Wildman–Crippen MR) is 94.2 cm³/mol. The normalized spacial score (nSPS) is 10.2. The summed E-state index contributed by atoms with van der Waals surface area (Å²) in [6, 6.07) is 13.2. The van der Waals surface area contributed by atoms with Crippen LogP contribution in [0.3, 0.4) is 0 Å². The summed E-state index contributed by atoms with van der Waals surface area (Å²) >= 11 is 8.42. The van der Waals surface area contributed by atoms with E-state index in [0.717, 1.165) is 19.5 Å². The number of rotatable bonds is 5. The number of anilines is 1. The number of ether oxygens (including phenoxy) is 1. The molecule has 0 saturated heterocycles. The summed E-state index contributed by atoms with van der Waals surface area (Å²) in [6.07, 6.45) is 2.01. The lowest BCUT2D eigenvalue weighted by Crippen LogP contribution is -2.20. The monoisotopic (exact) mass is 429 g/mol. The van der Waals surface area contributed by atoms with E-state index in [0.29, 0.717) is 5.75 Å². The average Bonchev–Trinajstić information content (AvgIpc) is 2.47. The Morgan fingerprint density at radius 2 is 1.90 bits per heavy atom. The van der Waals surface area contributed by atoms with E-state index in [2.05, 4.69) is 37.2 Å². The third-order valence-corrected chi connectivity index (χ3v) is 4.48. The molecule has 3 nitrogen and oxygen atoms in total. The topological polar surface area (TPSA) is 38.3 Å². The van der Waals surface area contributed by atoms with Gasteiger partial charge in [0, 0.05) is 15.1 Å². The summed E-state index contributed by atoms with van der Waals surface area (Å²) < 4.78 is 7.23. The first kappa shape index (κ1) is 16.4. The summed E-state index contributed by atoms with van der Waals surface area (Å²) in [5.41, 5.74) is 0.760. The van der Waals surface area contributed by atoms with E-state index in [-0.39, 0.29) is 12.5 Å². The van der Waals surface area contributed by atoms with Crippen LogP contribution in [-0.4, -0.2) is 18.8 Å². The van der Waals surface area contributed by atoms with E-state index in [1.807, 2.05) is 42.7 Å². The fourth-order valence-electron chi connectivity index (χ4n) is 1.61. The summed E-state index contributed by atoms with van der Waals surface area (Å²) in [6.45, 7) is -0.0372. The lowest BCUT2D eigenvalue weighted by Gasteiger charge is -2.09. The first-order chi connectivity index (χ1) is 10.1. The first-order valence-corrected chi connectivity index (χ1v) is 8.91. The van der Waals surface area contributed by atoms with Crippen molar-refractivity contribution in [1.29, 1.82) is 0 Å². The van der Waals surface area contributed by atoms with Crippen LogP contribution < -0.4 is 10.1 Å². The van der Waals surface area contributed by atoms with Crippen molar-refractivity contribution in [2.45, 2.75) is 4.90 Å². The number of hydrogen-bond donors (Lipinski definition) is 1. The molecule has 0 atom stereocenters. The van der Waals surface area contributed by atoms with Crippen LogP contribution in [0.15, 0.2) is 56.3 Å². The molecular weight excluding hydrogens is 418 g/mol. The molecule has 0 aliphatic carbocycles. The van der Waals surface area contributed by atoms with Gasteiger partial charge in [-0.2, -0.15) is 0 Å². The molecule has 110 valence electrons. The predicted octanol–water partition coefficient (Wildman–Crippen LogP) is 4.95. The van der Waals surface area contributed by atoms with Gasteiger partial charge in [0.25, 0.3) is 5.91 Å². The standard InChI is InChI=1S/C15H13Br2NO2S/c1-21-12-5-3-11(4-6-12)18-15(19)9-20-14-7-2-10(16)8-13(14)17/h2-8H,9H2,1H3,(H,18,19). The first-order valence-electron chi connectivity index (χ1n) is 6.10. The summed E-state index contributed by atoms with van der Waals surface area (Å²) in [4.78, 5) is 13.0. The Morgan fingerprint density at radius 1 is 1.19 bits per heavy atom. The minimum atomic E-state index is -0.193. The molecular formula is C15H13Br2NO2S.